The van der Waals surface area contributed by atoms with Crippen LogP contribution in [0.3, 0.4) is 0 Å². The summed E-state index contributed by atoms with van der Waals surface area (Å²) in [4.78, 5) is 16.7. The number of hydrogen-bond acceptors (Lipinski definition) is 8. The van der Waals surface area contributed by atoms with Crippen molar-refractivity contribution in [2.45, 2.75) is 13.0 Å². The van der Waals surface area contributed by atoms with Crippen molar-refractivity contribution in [3.05, 3.63) is 35.9 Å². The molecule has 1 fully saturated rings. The van der Waals surface area contributed by atoms with Gasteiger partial charge in [-0.2, -0.15) is 4.98 Å². The second kappa shape index (κ2) is 6.39. The molecule has 1 unspecified atom stereocenters. The lowest BCUT2D eigenvalue weighted by Gasteiger charge is -2.30. The summed E-state index contributed by atoms with van der Waals surface area (Å²) >= 11 is 1.53. The minimum absolute atomic E-state index is 0.139. The lowest BCUT2D eigenvalue weighted by Crippen LogP contribution is -2.44. The number of nitrogens with zero attached hydrogens (tertiary/aromatic N) is 5. The van der Waals surface area contributed by atoms with E-state index in [1.54, 1.807) is 6.20 Å². The molecule has 1 aliphatic rings. The van der Waals surface area contributed by atoms with Gasteiger partial charge in [0, 0.05) is 25.8 Å². The average molecular weight is 342 g/mol. The Hall–Kier alpha value is -2.16. The van der Waals surface area contributed by atoms with Crippen LogP contribution in [0.2, 0.25) is 0 Å². The van der Waals surface area contributed by atoms with Crippen molar-refractivity contribution in [3.8, 4) is 21.5 Å². The molecule has 24 heavy (non-hydrogen) atoms. The smallest absolute Gasteiger partial charge is 0.269 e. The Labute approximate surface area is 143 Å². The largest absolute Gasteiger partial charge is 0.333 e. The molecule has 1 saturated heterocycles. The molecule has 8 heteroatoms. The molecule has 1 atom stereocenters. The Kier molecular flexibility index (Phi) is 4.09. The van der Waals surface area contributed by atoms with E-state index >= 15 is 0 Å². The molecule has 1 aliphatic heterocycles. The van der Waals surface area contributed by atoms with Crippen molar-refractivity contribution in [2.24, 2.45) is 0 Å². The molecule has 3 aromatic heterocycles. The van der Waals surface area contributed by atoms with Gasteiger partial charge in [-0.1, -0.05) is 11.2 Å². The van der Waals surface area contributed by atoms with Crippen LogP contribution in [0.25, 0.3) is 21.5 Å². The molecular formula is C16H18N6OS. The van der Waals surface area contributed by atoms with Gasteiger partial charge in [0.15, 0.2) is 5.82 Å². The standard InChI is InChI=1S/C16H18N6OS/c1-10-13(24-16(19-10)11-5-3-4-6-18-11)15-20-14(21-23-15)12-9-17-7-8-22(12)2/h3-6,12,17H,7-9H2,1-2H3. The fourth-order valence-corrected chi connectivity index (χ4v) is 3.72. The van der Waals surface area contributed by atoms with E-state index in [4.69, 9.17) is 4.52 Å². The molecule has 0 radical (unpaired) electrons. The molecule has 0 aliphatic carbocycles. The number of nitrogens with one attached hydrogen (secondary N) is 1. The number of thiazole rings is 1. The minimum atomic E-state index is 0.139. The molecule has 4 heterocycles. The van der Waals surface area contributed by atoms with Gasteiger partial charge in [-0.3, -0.25) is 9.88 Å². The van der Waals surface area contributed by atoms with E-state index in [9.17, 15) is 0 Å². The number of piperazine rings is 1. The van der Waals surface area contributed by atoms with E-state index in [0.29, 0.717) is 11.7 Å². The van der Waals surface area contributed by atoms with Crippen molar-refractivity contribution in [1.82, 2.24) is 30.3 Å². The molecule has 0 amide bonds. The van der Waals surface area contributed by atoms with Crippen LogP contribution < -0.4 is 5.32 Å². The predicted molar refractivity (Wildman–Crippen MR) is 91.6 cm³/mol. The van der Waals surface area contributed by atoms with Crippen molar-refractivity contribution < 1.29 is 4.52 Å². The summed E-state index contributed by atoms with van der Waals surface area (Å²) in [5.41, 5.74) is 1.73. The lowest BCUT2D eigenvalue weighted by molar-refractivity contribution is 0.190. The fourth-order valence-electron chi connectivity index (χ4n) is 2.75. The summed E-state index contributed by atoms with van der Waals surface area (Å²) in [5.74, 6) is 1.24. The maximum absolute atomic E-state index is 5.52. The molecule has 0 saturated carbocycles. The first kappa shape index (κ1) is 15.4. The summed E-state index contributed by atoms with van der Waals surface area (Å²) in [6, 6.07) is 5.93. The van der Waals surface area contributed by atoms with E-state index in [-0.39, 0.29) is 6.04 Å². The SMILES string of the molecule is Cc1nc(-c2ccccn2)sc1-c1nc(C2CNCCN2C)no1. The molecular weight excluding hydrogens is 324 g/mol. The summed E-state index contributed by atoms with van der Waals surface area (Å²) in [6.07, 6.45) is 1.77. The van der Waals surface area contributed by atoms with Crippen molar-refractivity contribution in [2.75, 3.05) is 26.7 Å². The van der Waals surface area contributed by atoms with Crippen molar-refractivity contribution in [1.29, 1.82) is 0 Å². The number of aromatic nitrogens is 4. The highest BCUT2D eigenvalue weighted by molar-refractivity contribution is 7.18. The number of pyridine rings is 1. The van der Waals surface area contributed by atoms with E-state index in [1.807, 2.05) is 25.1 Å². The molecule has 4 rings (SSSR count). The zero-order chi connectivity index (χ0) is 16.5. The maximum atomic E-state index is 5.52. The molecule has 1 N–H and O–H groups in total. The summed E-state index contributed by atoms with van der Waals surface area (Å²) in [7, 11) is 2.08. The Balaban J connectivity index is 1.64. The van der Waals surface area contributed by atoms with E-state index in [1.165, 1.54) is 11.3 Å². The van der Waals surface area contributed by atoms with Gasteiger partial charge in [0.1, 0.15) is 9.88 Å². The molecule has 0 aromatic carbocycles. The normalized spacial score (nSPS) is 18.8. The Bertz CT molecular complexity index is 830. The molecule has 3 aromatic rings. The van der Waals surface area contributed by atoms with Crippen LogP contribution in [0, 0.1) is 6.92 Å². The van der Waals surface area contributed by atoms with Crippen LogP contribution in [0.5, 0.6) is 0 Å². The third-order valence-corrected chi connectivity index (χ3v) is 5.29. The van der Waals surface area contributed by atoms with Gasteiger partial charge in [0.2, 0.25) is 0 Å². The highest BCUT2D eigenvalue weighted by Gasteiger charge is 2.26. The van der Waals surface area contributed by atoms with Gasteiger partial charge in [-0.25, -0.2) is 4.98 Å². The first-order valence-corrected chi connectivity index (χ1v) is 8.68. The van der Waals surface area contributed by atoms with Gasteiger partial charge in [-0.05, 0) is 26.1 Å². The summed E-state index contributed by atoms with van der Waals surface area (Å²) in [6.45, 7) is 4.74. The topological polar surface area (TPSA) is 80.0 Å². The van der Waals surface area contributed by atoms with Crippen LogP contribution in [0.15, 0.2) is 28.9 Å². The third-order valence-electron chi connectivity index (χ3n) is 4.13. The highest BCUT2D eigenvalue weighted by Crippen LogP contribution is 2.34. The van der Waals surface area contributed by atoms with Crippen LogP contribution in [0.4, 0.5) is 0 Å². The summed E-state index contributed by atoms with van der Waals surface area (Å²) < 4.78 is 5.52. The lowest BCUT2D eigenvalue weighted by atomic mass is 10.2. The third kappa shape index (κ3) is 2.83. The molecule has 7 nitrogen and oxygen atoms in total. The zero-order valence-corrected chi connectivity index (χ0v) is 14.4. The number of hydrogen-bond donors (Lipinski definition) is 1. The number of likely N-dealkylation sites (N-methyl/N-ethyl adjacent to an activating group) is 1. The van der Waals surface area contributed by atoms with Gasteiger partial charge >= 0.3 is 0 Å². The molecule has 124 valence electrons. The quantitative estimate of drug-likeness (QED) is 0.781. The first-order chi connectivity index (χ1) is 11.7. The van der Waals surface area contributed by atoms with Gasteiger partial charge in [0.05, 0.1) is 17.4 Å². The fraction of sp³-hybridized carbons (Fsp3) is 0.375. The van der Waals surface area contributed by atoms with Crippen molar-refractivity contribution in [3.63, 3.8) is 0 Å². The van der Waals surface area contributed by atoms with E-state index in [2.05, 4.69) is 37.4 Å². The summed E-state index contributed by atoms with van der Waals surface area (Å²) in [5, 5.41) is 8.41. The second-order valence-electron chi connectivity index (χ2n) is 5.81. The maximum Gasteiger partial charge on any atom is 0.269 e. The van der Waals surface area contributed by atoms with Gasteiger partial charge in [-0.15, -0.1) is 11.3 Å². The van der Waals surface area contributed by atoms with E-state index in [0.717, 1.165) is 40.9 Å². The second-order valence-corrected chi connectivity index (χ2v) is 6.81. The van der Waals surface area contributed by atoms with E-state index < -0.39 is 0 Å². The number of aryl methyl sites for hydroxylation is 1. The van der Waals surface area contributed by atoms with Crippen LogP contribution in [0.1, 0.15) is 17.6 Å². The zero-order valence-electron chi connectivity index (χ0n) is 13.6. The van der Waals surface area contributed by atoms with Crippen LogP contribution >= 0.6 is 11.3 Å². The minimum Gasteiger partial charge on any atom is -0.333 e. The van der Waals surface area contributed by atoms with Crippen molar-refractivity contribution >= 4 is 11.3 Å². The first-order valence-electron chi connectivity index (χ1n) is 7.86. The Morgan fingerprint density at radius 2 is 2.25 bits per heavy atom. The Morgan fingerprint density at radius 3 is 3.04 bits per heavy atom. The van der Waals surface area contributed by atoms with Gasteiger partial charge in [0.25, 0.3) is 5.89 Å². The van der Waals surface area contributed by atoms with Crippen LogP contribution in [-0.2, 0) is 0 Å². The highest BCUT2D eigenvalue weighted by atomic mass is 32.1. The molecule has 0 spiro atoms. The van der Waals surface area contributed by atoms with Crippen LogP contribution in [-0.4, -0.2) is 51.7 Å². The molecule has 0 bridgehead atoms. The predicted octanol–water partition coefficient (Wildman–Crippen LogP) is 2.14. The number of rotatable bonds is 3. The average Bonchev–Trinajstić information content (AvgIpc) is 3.23. The monoisotopic (exact) mass is 342 g/mol. The Morgan fingerprint density at radius 1 is 1.33 bits per heavy atom. The van der Waals surface area contributed by atoms with Gasteiger partial charge < -0.3 is 9.84 Å².